The SMILES string of the molecule is N[C@@H]1CCN(c2cc(C(F)(F)F)cc(-c3ccnc4c3C(C(F)(F)F)OC(=O)N4)n2)C1. The minimum atomic E-state index is -5.02. The average Bonchev–Trinajstić information content (AvgIpc) is 3.11. The summed E-state index contributed by atoms with van der Waals surface area (Å²) in [6.45, 7) is 0.611. The molecule has 2 aliphatic heterocycles. The maximum Gasteiger partial charge on any atom is 0.430 e. The van der Waals surface area contributed by atoms with E-state index in [1.54, 1.807) is 0 Å². The summed E-state index contributed by atoms with van der Waals surface area (Å²) in [4.78, 5) is 21.0. The number of nitrogens with zero attached hydrogens (tertiary/aromatic N) is 3. The van der Waals surface area contributed by atoms with E-state index >= 15 is 0 Å². The van der Waals surface area contributed by atoms with Crippen LogP contribution >= 0.6 is 0 Å². The molecule has 0 radical (unpaired) electrons. The lowest BCUT2D eigenvalue weighted by Gasteiger charge is -2.29. The van der Waals surface area contributed by atoms with Crippen molar-refractivity contribution < 1.29 is 35.9 Å². The van der Waals surface area contributed by atoms with Crippen molar-refractivity contribution in [3.8, 4) is 11.3 Å². The molecule has 2 aromatic heterocycles. The van der Waals surface area contributed by atoms with E-state index < -0.39 is 41.5 Å². The van der Waals surface area contributed by atoms with E-state index in [0.717, 1.165) is 18.3 Å². The summed E-state index contributed by atoms with van der Waals surface area (Å²) in [5, 5.41) is 2.04. The first-order valence-corrected chi connectivity index (χ1v) is 9.07. The zero-order chi connectivity index (χ0) is 22.6. The van der Waals surface area contributed by atoms with Gasteiger partial charge in [0.05, 0.1) is 16.8 Å². The van der Waals surface area contributed by atoms with Gasteiger partial charge in [0.25, 0.3) is 0 Å². The molecule has 0 aromatic carbocycles. The molecule has 0 bridgehead atoms. The van der Waals surface area contributed by atoms with Gasteiger partial charge >= 0.3 is 18.4 Å². The summed E-state index contributed by atoms with van der Waals surface area (Å²) >= 11 is 0. The molecule has 4 heterocycles. The lowest BCUT2D eigenvalue weighted by Crippen LogP contribution is -2.34. The average molecular weight is 447 g/mol. The van der Waals surface area contributed by atoms with Gasteiger partial charge in [-0.2, -0.15) is 26.3 Å². The topological polar surface area (TPSA) is 93.4 Å². The first-order valence-electron chi connectivity index (χ1n) is 9.07. The molecule has 0 saturated carbocycles. The molecular formula is C18H15F6N5O2. The summed E-state index contributed by atoms with van der Waals surface area (Å²) in [7, 11) is 0. The number of halogens is 6. The number of carbonyl (C=O) groups excluding carboxylic acids is 1. The van der Waals surface area contributed by atoms with Gasteiger partial charge in [-0.05, 0) is 24.6 Å². The molecule has 1 saturated heterocycles. The number of aromatic nitrogens is 2. The summed E-state index contributed by atoms with van der Waals surface area (Å²) in [5.74, 6) is -0.521. The first-order chi connectivity index (χ1) is 14.4. The van der Waals surface area contributed by atoms with Crippen LogP contribution in [0.25, 0.3) is 11.3 Å². The zero-order valence-electron chi connectivity index (χ0n) is 15.6. The number of fused-ring (bicyclic) bond motifs is 1. The molecule has 2 atom stereocenters. The van der Waals surface area contributed by atoms with Gasteiger partial charge < -0.3 is 15.4 Å². The van der Waals surface area contributed by atoms with Gasteiger partial charge in [0.15, 0.2) is 0 Å². The second-order valence-electron chi connectivity index (χ2n) is 7.16. The highest BCUT2D eigenvalue weighted by molar-refractivity contribution is 5.89. The summed E-state index contributed by atoms with van der Waals surface area (Å²) in [6.07, 6.45) is -12.3. The Balaban J connectivity index is 1.91. The summed E-state index contributed by atoms with van der Waals surface area (Å²) in [5.41, 5.74) is 3.47. The van der Waals surface area contributed by atoms with Crippen LogP contribution in [-0.4, -0.2) is 41.4 Å². The molecule has 0 aliphatic carbocycles. The standard InChI is InChI=1S/C18H15F6N5O2/c19-17(20,21)8-5-11(27-12(6-8)29-4-2-9(25)7-29)10-1-3-26-15-13(10)14(18(22,23)24)31-16(30)28-15/h1,3,5-6,9,14H,2,4,7,25H2,(H,26,28,30)/t9-,14?/m1/s1. The Kier molecular flexibility index (Phi) is 4.95. The largest absolute Gasteiger partial charge is 0.431 e. The van der Waals surface area contributed by atoms with E-state index in [-0.39, 0.29) is 29.7 Å². The van der Waals surface area contributed by atoms with Crippen LogP contribution in [0.4, 0.5) is 42.8 Å². The number of cyclic esters (lactones) is 1. The highest BCUT2D eigenvalue weighted by Gasteiger charge is 2.49. The van der Waals surface area contributed by atoms with Crippen molar-refractivity contribution in [2.75, 3.05) is 23.3 Å². The number of alkyl halides is 6. The number of ether oxygens (including phenoxy) is 1. The smallest absolute Gasteiger partial charge is 0.430 e. The third-order valence-corrected chi connectivity index (χ3v) is 4.96. The van der Waals surface area contributed by atoms with Gasteiger partial charge in [-0.25, -0.2) is 14.8 Å². The molecule has 1 unspecified atom stereocenters. The highest BCUT2D eigenvalue weighted by atomic mass is 19.4. The lowest BCUT2D eigenvalue weighted by molar-refractivity contribution is -0.206. The zero-order valence-corrected chi connectivity index (χ0v) is 15.6. The van der Waals surface area contributed by atoms with Crippen LogP contribution in [0.1, 0.15) is 23.7 Å². The van der Waals surface area contributed by atoms with E-state index in [2.05, 4.69) is 14.7 Å². The second kappa shape index (κ2) is 7.25. The Morgan fingerprint density at radius 2 is 1.94 bits per heavy atom. The van der Waals surface area contributed by atoms with Gasteiger partial charge in [0.1, 0.15) is 11.6 Å². The molecule has 3 N–H and O–H groups in total. The predicted molar refractivity (Wildman–Crippen MR) is 96.2 cm³/mol. The van der Waals surface area contributed by atoms with Crippen molar-refractivity contribution >= 4 is 17.7 Å². The van der Waals surface area contributed by atoms with Gasteiger partial charge in [0, 0.05) is 30.9 Å². The number of nitrogens with two attached hydrogens (primary N) is 1. The minimum absolute atomic E-state index is 0.0624. The highest BCUT2D eigenvalue weighted by Crippen LogP contribution is 2.46. The minimum Gasteiger partial charge on any atom is -0.431 e. The van der Waals surface area contributed by atoms with Crippen LogP contribution in [0.5, 0.6) is 0 Å². The Morgan fingerprint density at radius 3 is 2.55 bits per heavy atom. The number of amides is 1. The maximum atomic E-state index is 13.6. The van der Waals surface area contributed by atoms with Gasteiger partial charge in [-0.15, -0.1) is 0 Å². The molecule has 31 heavy (non-hydrogen) atoms. The van der Waals surface area contributed by atoms with E-state index in [4.69, 9.17) is 5.73 Å². The first kappa shape index (κ1) is 21.2. The van der Waals surface area contributed by atoms with E-state index in [1.165, 1.54) is 4.90 Å². The quantitative estimate of drug-likeness (QED) is 0.680. The van der Waals surface area contributed by atoms with Crippen molar-refractivity contribution in [3.63, 3.8) is 0 Å². The van der Waals surface area contributed by atoms with Gasteiger partial charge in [-0.1, -0.05) is 0 Å². The monoisotopic (exact) mass is 447 g/mol. The Hall–Kier alpha value is -3.09. The molecule has 1 fully saturated rings. The summed E-state index contributed by atoms with van der Waals surface area (Å²) in [6, 6.07) is 2.32. The molecule has 0 spiro atoms. The number of anilines is 2. The number of hydrogen-bond donors (Lipinski definition) is 2. The molecule has 13 heteroatoms. The van der Waals surface area contributed by atoms with Gasteiger partial charge in [0.2, 0.25) is 6.10 Å². The molecule has 1 amide bonds. The van der Waals surface area contributed by atoms with E-state index in [9.17, 15) is 31.1 Å². The van der Waals surface area contributed by atoms with Gasteiger partial charge in [-0.3, -0.25) is 5.32 Å². The second-order valence-corrected chi connectivity index (χ2v) is 7.16. The van der Waals surface area contributed by atoms with Crippen molar-refractivity contribution in [3.05, 3.63) is 35.5 Å². The molecule has 166 valence electrons. The van der Waals surface area contributed by atoms with Crippen molar-refractivity contribution in [1.29, 1.82) is 0 Å². The van der Waals surface area contributed by atoms with Crippen molar-refractivity contribution in [2.24, 2.45) is 5.73 Å². The fourth-order valence-electron chi connectivity index (χ4n) is 3.56. The molecule has 7 nitrogen and oxygen atoms in total. The Bertz CT molecular complexity index is 1030. The molecule has 4 rings (SSSR count). The number of carbonyl (C=O) groups is 1. The van der Waals surface area contributed by atoms with Crippen LogP contribution in [0, 0.1) is 0 Å². The third-order valence-electron chi connectivity index (χ3n) is 4.96. The number of hydrogen-bond acceptors (Lipinski definition) is 6. The summed E-state index contributed by atoms with van der Waals surface area (Å²) < 4.78 is 85.7. The fraction of sp³-hybridized carbons (Fsp3) is 0.389. The fourth-order valence-corrected chi connectivity index (χ4v) is 3.56. The van der Waals surface area contributed by atoms with Crippen molar-refractivity contribution in [1.82, 2.24) is 9.97 Å². The molecular weight excluding hydrogens is 432 g/mol. The Labute approximate surface area is 171 Å². The van der Waals surface area contributed by atoms with Crippen LogP contribution in [-0.2, 0) is 10.9 Å². The molecule has 2 aliphatic rings. The maximum absolute atomic E-state index is 13.6. The normalized spacial score (nSPS) is 21.5. The van der Waals surface area contributed by atoms with E-state index in [0.29, 0.717) is 19.0 Å². The van der Waals surface area contributed by atoms with Crippen LogP contribution in [0.2, 0.25) is 0 Å². The van der Waals surface area contributed by atoms with E-state index in [1.807, 2.05) is 5.32 Å². The number of rotatable bonds is 2. The van der Waals surface area contributed by atoms with Crippen LogP contribution < -0.4 is 16.0 Å². The number of pyridine rings is 2. The Morgan fingerprint density at radius 1 is 1.19 bits per heavy atom. The third kappa shape index (κ3) is 4.09. The van der Waals surface area contributed by atoms with Crippen LogP contribution in [0.3, 0.4) is 0 Å². The van der Waals surface area contributed by atoms with Crippen LogP contribution in [0.15, 0.2) is 24.4 Å². The lowest BCUT2D eigenvalue weighted by atomic mass is 9.98. The predicted octanol–water partition coefficient (Wildman–Crippen LogP) is 3.87. The van der Waals surface area contributed by atoms with Crippen molar-refractivity contribution in [2.45, 2.75) is 30.9 Å². The molecule has 2 aromatic rings. The number of nitrogens with one attached hydrogen (secondary N) is 1.